The number of ether oxygens (including phenoxy) is 1. The molecule has 3 N–H and O–H groups in total. The van der Waals surface area contributed by atoms with Crippen molar-refractivity contribution in [2.45, 2.75) is 19.9 Å². The number of carbonyl (C=O) groups is 2. The minimum Gasteiger partial charge on any atom is -0.451 e. The lowest BCUT2D eigenvalue weighted by Crippen LogP contribution is -2.32. The second kappa shape index (κ2) is 7.63. The summed E-state index contributed by atoms with van der Waals surface area (Å²) in [5.74, 6) is 0.752. The highest BCUT2D eigenvalue weighted by atomic mass is 35.5. The van der Waals surface area contributed by atoms with E-state index in [0.29, 0.717) is 27.9 Å². The largest absolute Gasteiger partial charge is 0.451 e. The normalized spacial score (nSPS) is 14.4. The average molecular weight is 388 g/mol. The lowest BCUT2D eigenvalue weighted by atomic mass is 10.1. The first kappa shape index (κ1) is 18.7. The molecule has 0 saturated heterocycles. The van der Waals surface area contributed by atoms with Gasteiger partial charge in [0.25, 0.3) is 0 Å². The van der Waals surface area contributed by atoms with Gasteiger partial charge in [0.2, 0.25) is 0 Å². The number of rotatable bonds is 3. The lowest BCUT2D eigenvalue weighted by molar-refractivity contribution is 0.182. The number of aromatic nitrogens is 1. The van der Waals surface area contributed by atoms with Gasteiger partial charge in [-0.25, -0.2) is 14.6 Å². The van der Waals surface area contributed by atoms with Gasteiger partial charge in [0, 0.05) is 17.3 Å². The van der Waals surface area contributed by atoms with Crippen LogP contribution >= 0.6 is 11.6 Å². The molecule has 3 rings (SSSR count). The number of nitrogens with zero attached hydrogens (tertiary/aromatic N) is 2. The first-order valence-corrected chi connectivity index (χ1v) is 8.53. The first-order valence-electron chi connectivity index (χ1n) is 8.15. The molecule has 1 aliphatic heterocycles. The molecule has 1 unspecified atom stereocenters. The Kier molecular flexibility index (Phi) is 5.27. The first-order chi connectivity index (χ1) is 12.9. The van der Waals surface area contributed by atoms with Crippen LogP contribution in [0.5, 0.6) is 0 Å². The Balaban J connectivity index is 1.62. The van der Waals surface area contributed by atoms with Crippen LogP contribution in [0.2, 0.25) is 5.02 Å². The van der Waals surface area contributed by atoms with Crippen LogP contribution in [0, 0.1) is 6.92 Å². The maximum absolute atomic E-state index is 12.2. The minimum atomic E-state index is -0.698. The Bertz CT molecular complexity index is 945. The van der Waals surface area contributed by atoms with E-state index in [1.165, 1.54) is 13.3 Å². The van der Waals surface area contributed by atoms with Gasteiger partial charge >= 0.3 is 12.1 Å². The molecular formula is C18H18ClN5O3. The van der Waals surface area contributed by atoms with Crippen molar-refractivity contribution in [3.63, 3.8) is 0 Å². The molecular weight excluding hydrogens is 370 g/mol. The van der Waals surface area contributed by atoms with E-state index in [2.05, 4.69) is 30.7 Å². The summed E-state index contributed by atoms with van der Waals surface area (Å²) >= 11 is 6.03. The topological polar surface area (TPSA) is 105 Å². The Morgan fingerprint density at radius 2 is 2.11 bits per heavy atom. The predicted molar refractivity (Wildman–Crippen MR) is 104 cm³/mol. The van der Waals surface area contributed by atoms with Gasteiger partial charge in [-0.2, -0.15) is 4.99 Å². The average Bonchev–Trinajstić information content (AvgIpc) is 2.61. The molecule has 1 aromatic carbocycles. The molecule has 2 heterocycles. The van der Waals surface area contributed by atoms with Crippen molar-refractivity contribution in [3.05, 3.63) is 52.2 Å². The number of aryl methyl sites for hydroxylation is 1. The Hall–Kier alpha value is -3.13. The summed E-state index contributed by atoms with van der Waals surface area (Å²) in [6, 6.07) is 6.68. The Labute approximate surface area is 161 Å². The molecule has 0 radical (unpaired) electrons. The van der Waals surface area contributed by atoms with E-state index >= 15 is 0 Å². The quantitative estimate of drug-likeness (QED) is 0.741. The van der Waals surface area contributed by atoms with E-state index in [1.54, 1.807) is 12.1 Å². The number of fused-ring (bicyclic) bond motifs is 1. The van der Waals surface area contributed by atoms with Crippen LogP contribution in [0.25, 0.3) is 0 Å². The summed E-state index contributed by atoms with van der Waals surface area (Å²) < 4.78 is 4.48. The SMILES string of the molecule is COC(=O)N=C1Nc2cc(NC(=O)NC(C)c3ccc(Cl)c(C)c3)ncc21. The van der Waals surface area contributed by atoms with Gasteiger partial charge < -0.3 is 15.4 Å². The fourth-order valence-corrected chi connectivity index (χ4v) is 2.66. The number of aliphatic imine (C=N–C) groups is 1. The fraction of sp³-hybridized carbons (Fsp3) is 0.222. The number of carbonyl (C=O) groups excluding carboxylic acids is 2. The zero-order chi connectivity index (χ0) is 19.6. The molecule has 0 aliphatic carbocycles. The number of hydrogen-bond acceptors (Lipinski definition) is 4. The second-order valence-corrected chi connectivity index (χ2v) is 6.41. The molecule has 0 spiro atoms. The number of methoxy groups -OCH3 is 1. The third-order valence-electron chi connectivity index (χ3n) is 4.06. The molecule has 1 aliphatic rings. The summed E-state index contributed by atoms with van der Waals surface area (Å²) in [7, 11) is 1.25. The summed E-state index contributed by atoms with van der Waals surface area (Å²) in [5, 5.41) is 9.12. The van der Waals surface area contributed by atoms with Crippen LogP contribution in [0.3, 0.4) is 0 Å². The number of urea groups is 1. The van der Waals surface area contributed by atoms with Gasteiger partial charge in [-0.3, -0.25) is 5.32 Å². The van der Waals surface area contributed by atoms with Gasteiger partial charge in [-0.05, 0) is 31.0 Å². The molecule has 9 heteroatoms. The van der Waals surface area contributed by atoms with Gasteiger partial charge in [-0.15, -0.1) is 0 Å². The summed E-state index contributed by atoms with van der Waals surface area (Å²) in [6.45, 7) is 3.79. The third-order valence-corrected chi connectivity index (χ3v) is 4.49. The van der Waals surface area contributed by atoms with Crippen LogP contribution < -0.4 is 16.0 Å². The fourth-order valence-electron chi connectivity index (χ4n) is 2.54. The summed E-state index contributed by atoms with van der Waals surface area (Å²) in [6.07, 6.45) is 0.825. The second-order valence-electron chi connectivity index (χ2n) is 6.00. The van der Waals surface area contributed by atoms with E-state index < -0.39 is 6.09 Å². The van der Waals surface area contributed by atoms with E-state index in [0.717, 1.165) is 11.1 Å². The number of anilines is 2. The minimum absolute atomic E-state index is 0.204. The zero-order valence-corrected chi connectivity index (χ0v) is 15.7. The van der Waals surface area contributed by atoms with Gasteiger partial charge in [0.1, 0.15) is 11.7 Å². The van der Waals surface area contributed by atoms with Crippen molar-refractivity contribution in [2.75, 3.05) is 17.7 Å². The maximum Gasteiger partial charge on any atom is 0.435 e. The molecule has 2 aromatic rings. The number of nitrogens with one attached hydrogen (secondary N) is 3. The predicted octanol–water partition coefficient (Wildman–Crippen LogP) is 3.86. The highest BCUT2D eigenvalue weighted by Gasteiger charge is 2.23. The molecule has 0 saturated carbocycles. The van der Waals surface area contributed by atoms with Crippen LogP contribution in [-0.2, 0) is 4.74 Å². The Morgan fingerprint density at radius 1 is 1.33 bits per heavy atom. The smallest absolute Gasteiger partial charge is 0.435 e. The van der Waals surface area contributed by atoms with Crippen molar-refractivity contribution in [2.24, 2.45) is 4.99 Å². The number of halogens is 1. The monoisotopic (exact) mass is 387 g/mol. The summed E-state index contributed by atoms with van der Waals surface area (Å²) in [5.41, 5.74) is 3.28. The molecule has 3 amide bonds. The van der Waals surface area contributed by atoms with Crippen molar-refractivity contribution < 1.29 is 14.3 Å². The zero-order valence-electron chi connectivity index (χ0n) is 15.0. The molecule has 0 fully saturated rings. The lowest BCUT2D eigenvalue weighted by Gasteiger charge is -2.23. The van der Waals surface area contributed by atoms with Crippen LogP contribution in [0.15, 0.2) is 35.5 Å². The third kappa shape index (κ3) is 4.17. The molecule has 1 atom stereocenters. The van der Waals surface area contributed by atoms with Crippen molar-refractivity contribution in [3.8, 4) is 0 Å². The van der Waals surface area contributed by atoms with E-state index in [9.17, 15) is 9.59 Å². The van der Waals surface area contributed by atoms with Crippen molar-refractivity contribution >= 4 is 41.1 Å². The molecule has 8 nitrogen and oxygen atoms in total. The molecule has 27 heavy (non-hydrogen) atoms. The number of pyridine rings is 1. The highest BCUT2D eigenvalue weighted by molar-refractivity contribution is 6.31. The Morgan fingerprint density at radius 3 is 2.78 bits per heavy atom. The number of hydrogen-bond donors (Lipinski definition) is 3. The van der Waals surface area contributed by atoms with Crippen LogP contribution in [-0.4, -0.2) is 30.1 Å². The number of amides is 3. The van der Waals surface area contributed by atoms with Gasteiger partial charge in [0.15, 0.2) is 0 Å². The van der Waals surface area contributed by atoms with Gasteiger partial charge in [0.05, 0.1) is 24.4 Å². The van der Waals surface area contributed by atoms with Crippen LogP contribution in [0.4, 0.5) is 21.1 Å². The van der Waals surface area contributed by atoms with Gasteiger partial charge in [-0.1, -0.05) is 23.7 Å². The molecule has 1 aromatic heterocycles. The van der Waals surface area contributed by atoms with Crippen molar-refractivity contribution in [1.29, 1.82) is 0 Å². The van der Waals surface area contributed by atoms with E-state index in [1.807, 2.05) is 26.0 Å². The van der Waals surface area contributed by atoms with E-state index in [4.69, 9.17) is 11.6 Å². The molecule has 140 valence electrons. The standard InChI is InChI=1S/C18H18ClN5O3/c1-9-6-11(4-5-13(9)19)10(2)21-17(25)23-15-7-14-12(8-20-15)16(22-14)24-18(26)27-3/h4-8,10H,1-3H3,(H,22,24,26)(H2,20,21,23,25). The maximum atomic E-state index is 12.2. The highest BCUT2D eigenvalue weighted by Crippen LogP contribution is 2.28. The van der Waals surface area contributed by atoms with Crippen molar-refractivity contribution in [1.82, 2.24) is 10.3 Å². The number of amidine groups is 1. The summed E-state index contributed by atoms with van der Waals surface area (Å²) in [4.78, 5) is 31.2. The van der Waals surface area contributed by atoms with Crippen LogP contribution in [0.1, 0.15) is 29.7 Å². The molecule has 0 bridgehead atoms. The number of benzene rings is 1. The van der Waals surface area contributed by atoms with E-state index in [-0.39, 0.29) is 12.1 Å².